The van der Waals surface area contributed by atoms with E-state index in [1.807, 2.05) is 48.7 Å². The van der Waals surface area contributed by atoms with Gasteiger partial charge in [-0.1, -0.05) is 30.3 Å². The zero-order valence-corrected chi connectivity index (χ0v) is 10.4. The van der Waals surface area contributed by atoms with Gasteiger partial charge in [0.25, 0.3) is 0 Å². The molecule has 84 valence electrons. The van der Waals surface area contributed by atoms with E-state index in [1.165, 1.54) is 0 Å². The average molecular weight is 233 g/mol. The van der Waals surface area contributed by atoms with Crippen LogP contribution in [0.15, 0.2) is 48.7 Å². The molecule has 0 atom stereocenters. The standard InChI is InChI=1S/C12H15NO2Si/c1-14-16(15-2,12-9-6-10-13-12)11-7-4-3-5-8-11/h3-10,13H,1-2H3. The zero-order valence-electron chi connectivity index (χ0n) is 9.44. The number of benzene rings is 1. The first-order valence-electron chi connectivity index (χ1n) is 5.13. The summed E-state index contributed by atoms with van der Waals surface area (Å²) < 4.78 is 11.4. The summed E-state index contributed by atoms with van der Waals surface area (Å²) in [6.07, 6.45) is 1.89. The van der Waals surface area contributed by atoms with E-state index in [9.17, 15) is 0 Å². The summed E-state index contributed by atoms with van der Waals surface area (Å²) in [6, 6.07) is 14.0. The van der Waals surface area contributed by atoms with E-state index in [2.05, 4.69) is 4.98 Å². The Morgan fingerprint density at radius 3 is 2.12 bits per heavy atom. The molecule has 0 bridgehead atoms. The van der Waals surface area contributed by atoms with Gasteiger partial charge in [-0.25, -0.2) is 0 Å². The summed E-state index contributed by atoms with van der Waals surface area (Å²) in [5, 5.41) is 2.12. The molecule has 0 aliphatic carbocycles. The first-order chi connectivity index (χ1) is 7.83. The van der Waals surface area contributed by atoms with Crippen LogP contribution in [0.1, 0.15) is 0 Å². The first-order valence-corrected chi connectivity index (χ1v) is 6.95. The molecule has 0 saturated carbocycles. The molecule has 0 amide bonds. The Morgan fingerprint density at radius 1 is 0.938 bits per heavy atom. The summed E-state index contributed by atoms with van der Waals surface area (Å²) in [4.78, 5) is 3.19. The number of nitrogens with one attached hydrogen (secondary N) is 1. The second-order valence-electron chi connectivity index (χ2n) is 3.47. The van der Waals surface area contributed by atoms with Crippen LogP contribution in [0.4, 0.5) is 0 Å². The van der Waals surface area contributed by atoms with Crippen molar-refractivity contribution < 1.29 is 8.85 Å². The molecule has 2 aromatic rings. The molecule has 4 heteroatoms. The topological polar surface area (TPSA) is 34.2 Å². The van der Waals surface area contributed by atoms with E-state index in [1.54, 1.807) is 14.2 Å². The van der Waals surface area contributed by atoms with Gasteiger partial charge in [0.1, 0.15) is 0 Å². The Hall–Kier alpha value is -1.36. The Labute approximate surface area is 96.3 Å². The third-order valence-electron chi connectivity index (χ3n) is 2.68. The third kappa shape index (κ3) is 1.71. The Kier molecular flexibility index (Phi) is 3.24. The van der Waals surface area contributed by atoms with Gasteiger partial charge in [-0.2, -0.15) is 0 Å². The van der Waals surface area contributed by atoms with Crippen LogP contribution in [0.5, 0.6) is 0 Å². The highest BCUT2D eigenvalue weighted by molar-refractivity contribution is 6.92. The van der Waals surface area contributed by atoms with Crippen LogP contribution in [0.3, 0.4) is 0 Å². The summed E-state index contributed by atoms with van der Waals surface area (Å²) in [5.74, 6) is 0. The van der Waals surface area contributed by atoms with Gasteiger partial charge in [-0.15, -0.1) is 0 Å². The number of H-pyrrole nitrogens is 1. The molecule has 16 heavy (non-hydrogen) atoms. The molecule has 2 rings (SSSR count). The van der Waals surface area contributed by atoms with Crippen LogP contribution >= 0.6 is 0 Å². The van der Waals surface area contributed by atoms with E-state index in [-0.39, 0.29) is 0 Å². The molecule has 1 aromatic heterocycles. The van der Waals surface area contributed by atoms with Gasteiger partial charge in [0.2, 0.25) is 0 Å². The van der Waals surface area contributed by atoms with Gasteiger partial charge in [0, 0.05) is 20.4 Å². The van der Waals surface area contributed by atoms with Gasteiger partial charge in [0.05, 0.1) is 5.32 Å². The SMILES string of the molecule is CO[Si](OC)(c1ccccc1)c1ccc[nH]1. The summed E-state index contributed by atoms with van der Waals surface area (Å²) in [5.41, 5.74) is 0. The van der Waals surface area contributed by atoms with Crippen molar-refractivity contribution >= 4 is 19.1 Å². The Balaban J connectivity index is 2.52. The lowest BCUT2D eigenvalue weighted by atomic mass is 10.4. The summed E-state index contributed by atoms with van der Waals surface area (Å²) >= 11 is 0. The molecule has 1 N–H and O–H groups in total. The number of aromatic amines is 1. The molecular formula is C12H15NO2Si. The lowest BCUT2D eigenvalue weighted by molar-refractivity contribution is 0.272. The highest BCUT2D eigenvalue weighted by Crippen LogP contribution is 2.05. The van der Waals surface area contributed by atoms with Crippen LogP contribution in [-0.4, -0.2) is 27.8 Å². The lowest BCUT2D eigenvalue weighted by Crippen LogP contribution is -2.62. The van der Waals surface area contributed by atoms with Crippen LogP contribution in [0.25, 0.3) is 0 Å². The van der Waals surface area contributed by atoms with Crippen LogP contribution in [0, 0.1) is 0 Å². The van der Waals surface area contributed by atoms with Gasteiger partial charge >= 0.3 is 8.56 Å². The van der Waals surface area contributed by atoms with Gasteiger partial charge in [-0.3, -0.25) is 0 Å². The molecule has 0 saturated heterocycles. The average Bonchev–Trinajstić information content (AvgIpc) is 2.87. The number of aromatic nitrogens is 1. The molecular weight excluding hydrogens is 218 g/mol. The van der Waals surface area contributed by atoms with Crippen LogP contribution in [-0.2, 0) is 8.85 Å². The monoisotopic (exact) mass is 233 g/mol. The van der Waals surface area contributed by atoms with Crippen molar-refractivity contribution in [3.63, 3.8) is 0 Å². The predicted molar refractivity (Wildman–Crippen MR) is 66.3 cm³/mol. The minimum Gasteiger partial charge on any atom is -0.390 e. The fourth-order valence-corrected chi connectivity index (χ4v) is 4.50. The predicted octanol–water partition coefficient (Wildman–Crippen LogP) is 0.864. The number of hydrogen-bond donors (Lipinski definition) is 1. The zero-order chi connectivity index (χ0) is 11.4. The van der Waals surface area contributed by atoms with Crippen LogP contribution < -0.4 is 10.5 Å². The largest absolute Gasteiger partial charge is 0.423 e. The Bertz CT molecular complexity index is 424. The number of rotatable bonds is 4. The maximum atomic E-state index is 5.70. The molecule has 0 aliphatic rings. The van der Waals surface area contributed by atoms with Crippen molar-refractivity contribution in [2.24, 2.45) is 0 Å². The first kappa shape index (κ1) is 11.1. The third-order valence-corrected chi connectivity index (χ3v) is 5.94. The quantitative estimate of drug-likeness (QED) is 0.795. The second-order valence-corrected chi connectivity index (χ2v) is 6.64. The molecule has 1 aromatic carbocycles. The van der Waals surface area contributed by atoms with E-state index >= 15 is 0 Å². The maximum Gasteiger partial charge on any atom is 0.423 e. The molecule has 3 nitrogen and oxygen atoms in total. The van der Waals surface area contributed by atoms with Crippen molar-refractivity contribution in [1.29, 1.82) is 0 Å². The Morgan fingerprint density at radius 2 is 1.62 bits per heavy atom. The van der Waals surface area contributed by atoms with Gasteiger partial charge in [-0.05, 0) is 17.3 Å². The molecule has 0 unspecified atom stereocenters. The summed E-state index contributed by atoms with van der Waals surface area (Å²) in [7, 11) is 0.897. The van der Waals surface area contributed by atoms with E-state index < -0.39 is 8.56 Å². The van der Waals surface area contributed by atoms with Crippen molar-refractivity contribution in [3.8, 4) is 0 Å². The minimum atomic E-state index is -2.50. The molecule has 0 radical (unpaired) electrons. The second kappa shape index (κ2) is 4.65. The molecule has 0 fully saturated rings. The fourth-order valence-electron chi connectivity index (χ4n) is 1.89. The van der Waals surface area contributed by atoms with Crippen molar-refractivity contribution in [3.05, 3.63) is 48.7 Å². The van der Waals surface area contributed by atoms with E-state index in [0.29, 0.717) is 0 Å². The van der Waals surface area contributed by atoms with E-state index in [0.717, 1.165) is 10.5 Å². The lowest BCUT2D eigenvalue weighted by Gasteiger charge is -2.26. The van der Waals surface area contributed by atoms with Crippen LogP contribution in [0.2, 0.25) is 0 Å². The van der Waals surface area contributed by atoms with Crippen molar-refractivity contribution in [2.75, 3.05) is 14.2 Å². The molecule has 0 aliphatic heterocycles. The van der Waals surface area contributed by atoms with E-state index in [4.69, 9.17) is 8.85 Å². The van der Waals surface area contributed by atoms with Crippen molar-refractivity contribution in [2.45, 2.75) is 0 Å². The smallest absolute Gasteiger partial charge is 0.390 e. The fraction of sp³-hybridized carbons (Fsp3) is 0.167. The number of hydrogen-bond acceptors (Lipinski definition) is 2. The normalized spacial score (nSPS) is 11.6. The van der Waals surface area contributed by atoms with Crippen molar-refractivity contribution in [1.82, 2.24) is 4.98 Å². The van der Waals surface area contributed by atoms with Gasteiger partial charge < -0.3 is 13.8 Å². The minimum absolute atomic E-state index is 1.02. The maximum absolute atomic E-state index is 5.70. The molecule has 1 heterocycles. The summed E-state index contributed by atoms with van der Waals surface area (Å²) in [6.45, 7) is 0. The van der Waals surface area contributed by atoms with Gasteiger partial charge in [0.15, 0.2) is 0 Å². The molecule has 0 spiro atoms. The highest BCUT2D eigenvalue weighted by Gasteiger charge is 2.41. The highest BCUT2D eigenvalue weighted by atomic mass is 28.4.